The zero-order valence-corrected chi connectivity index (χ0v) is 15.3. The first-order chi connectivity index (χ1) is 11.6. The number of hydrogen-bond donors (Lipinski definition) is 2. The summed E-state index contributed by atoms with van der Waals surface area (Å²) in [5.41, 5.74) is 0. The number of hydrogen-bond acceptors (Lipinski definition) is 4. The minimum absolute atomic E-state index is 0.0381. The highest BCUT2D eigenvalue weighted by molar-refractivity contribution is 5.70. The van der Waals surface area contributed by atoms with Crippen LogP contribution in [-0.4, -0.2) is 41.8 Å². The average Bonchev–Trinajstić information content (AvgIpc) is 2.58. The van der Waals surface area contributed by atoms with E-state index < -0.39 is 18.0 Å². The van der Waals surface area contributed by atoms with Crippen LogP contribution >= 0.6 is 0 Å². The van der Waals surface area contributed by atoms with Gasteiger partial charge in [0, 0.05) is 13.2 Å². The predicted molar refractivity (Wildman–Crippen MR) is 93.9 cm³/mol. The van der Waals surface area contributed by atoms with Gasteiger partial charge in [0.05, 0.1) is 12.0 Å². The molecule has 24 heavy (non-hydrogen) atoms. The van der Waals surface area contributed by atoms with E-state index in [1.54, 1.807) is 0 Å². The molecule has 0 aromatic rings. The molecule has 0 bridgehead atoms. The Labute approximate surface area is 146 Å². The van der Waals surface area contributed by atoms with Crippen molar-refractivity contribution in [2.45, 2.75) is 96.4 Å². The van der Waals surface area contributed by atoms with E-state index in [0.717, 1.165) is 64.4 Å². The zero-order chi connectivity index (χ0) is 17.6. The number of unbranched alkanes of at least 4 members (excludes halogenated alkanes) is 5. The molecular weight excluding hydrogens is 308 g/mol. The van der Waals surface area contributed by atoms with E-state index in [9.17, 15) is 15.0 Å². The molecule has 1 heterocycles. The van der Waals surface area contributed by atoms with Gasteiger partial charge in [-0.25, -0.2) is 0 Å². The van der Waals surface area contributed by atoms with Crippen LogP contribution in [0, 0.1) is 5.92 Å². The maximum absolute atomic E-state index is 11.3. The van der Waals surface area contributed by atoms with Gasteiger partial charge in [-0.3, -0.25) is 4.79 Å². The van der Waals surface area contributed by atoms with E-state index in [1.165, 1.54) is 6.42 Å². The normalized spacial score (nSPS) is 20.7. The van der Waals surface area contributed by atoms with E-state index in [0.29, 0.717) is 19.4 Å². The van der Waals surface area contributed by atoms with Crippen LogP contribution in [0.15, 0.2) is 0 Å². The van der Waals surface area contributed by atoms with E-state index >= 15 is 0 Å². The largest absolute Gasteiger partial charge is 0.481 e. The van der Waals surface area contributed by atoms with Gasteiger partial charge >= 0.3 is 5.97 Å². The molecular formula is C19H36O5. The van der Waals surface area contributed by atoms with Crippen molar-refractivity contribution in [3.05, 3.63) is 0 Å². The Morgan fingerprint density at radius 1 is 1.12 bits per heavy atom. The summed E-state index contributed by atoms with van der Waals surface area (Å²) in [5, 5.41) is 19.5. The highest BCUT2D eigenvalue weighted by Gasteiger charge is 2.25. The monoisotopic (exact) mass is 344 g/mol. The molecule has 0 radical (unpaired) electrons. The molecule has 0 saturated carbocycles. The van der Waals surface area contributed by atoms with Gasteiger partial charge in [-0.1, -0.05) is 45.4 Å². The third-order valence-corrected chi connectivity index (χ3v) is 4.74. The molecule has 5 heteroatoms. The van der Waals surface area contributed by atoms with Crippen LogP contribution in [0.5, 0.6) is 0 Å². The van der Waals surface area contributed by atoms with Crippen molar-refractivity contribution in [1.29, 1.82) is 0 Å². The van der Waals surface area contributed by atoms with Crippen LogP contribution in [0.3, 0.4) is 0 Å². The van der Waals surface area contributed by atoms with Crippen molar-refractivity contribution in [3.63, 3.8) is 0 Å². The van der Waals surface area contributed by atoms with Gasteiger partial charge in [0.1, 0.15) is 0 Å². The van der Waals surface area contributed by atoms with Crippen LogP contribution in [-0.2, 0) is 14.3 Å². The average molecular weight is 344 g/mol. The van der Waals surface area contributed by atoms with Gasteiger partial charge in [0.25, 0.3) is 0 Å². The molecule has 1 aliphatic heterocycles. The molecule has 142 valence electrons. The molecule has 0 aliphatic carbocycles. The topological polar surface area (TPSA) is 76.0 Å². The molecule has 0 amide bonds. The lowest BCUT2D eigenvalue weighted by Gasteiger charge is -2.22. The first-order valence-corrected chi connectivity index (χ1v) is 9.79. The number of carboxylic acids is 1. The number of carboxylic acid groups (broad SMARTS) is 1. The molecule has 3 unspecified atom stereocenters. The molecule has 0 spiro atoms. The highest BCUT2D eigenvalue weighted by Crippen LogP contribution is 2.20. The summed E-state index contributed by atoms with van der Waals surface area (Å²) >= 11 is 0. The molecule has 0 aromatic heterocycles. The maximum atomic E-state index is 11.3. The quantitative estimate of drug-likeness (QED) is 0.464. The Balaban J connectivity index is 2.06. The van der Waals surface area contributed by atoms with Crippen molar-refractivity contribution in [2.24, 2.45) is 5.92 Å². The van der Waals surface area contributed by atoms with Crippen molar-refractivity contribution in [2.75, 3.05) is 13.2 Å². The zero-order valence-electron chi connectivity index (χ0n) is 15.3. The second-order valence-corrected chi connectivity index (χ2v) is 6.88. The molecule has 1 fully saturated rings. The van der Waals surface area contributed by atoms with Crippen LogP contribution < -0.4 is 0 Å². The van der Waals surface area contributed by atoms with Gasteiger partial charge in [-0.05, 0) is 38.5 Å². The second kappa shape index (κ2) is 13.6. The van der Waals surface area contributed by atoms with Crippen LogP contribution in [0.1, 0.15) is 84.0 Å². The Morgan fingerprint density at radius 3 is 2.54 bits per heavy atom. The first kappa shape index (κ1) is 21.4. The number of rotatable bonds is 14. The maximum Gasteiger partial charge on any atom is 0.309 e. The summed E-state index contributed by atoms with van der Waals surface area (Å²) < 4.78 is 11.2. The number of aliphatic hydroxyl groups excluding tert-OH is 1. The van der Waals surface area contributed by atoms with Crippen molar-refractivity contribution in [1.82, 2.24) is 0 Å². The molecule has 5 nitrogen and oxygen atoms in total. The molecule has 3 atom stereocenters. The summed E-state index contributed by atoms with van der Waals surface area (Å²) in [6, 6.07) is 0. The number of aliphatic hydroxyl groups is 1. The summed E-state index contributed by atoms with van der Waals surface area (Å²) in [7, 11) is 0. The summed E-state index contributed by atoms with van der Waals surface area (Å²) in [4.78, 5) is 11.3. The Kier molecular flexibility index (Phi) is 12.1. The summed E-state index contributed by atoms with van der Waals surface area (Å²) in [6.07, 6.45) is 10.6. The Bertz CT molecular complexity index is 315. The SMILES string of the molecule is CCCCCCC(C(=O)O)C(O)CCCCCOC1CCCCO1. The van der Waals surface area contributed by atoms with Gasteiger partial charge < -0.3 is 19.7 Å². The number of carbonyl (C=O) groups is 1. The first-order valence-electron chi connectivity index (χ1n) is 9.79. The molecule has 1 aliphatic rings. The van der Waals surface area contributed by atoms with Crippen LogP contribution in [0.2, 0.25) is 0 Å². The lowest BCUT2D eigenvalue weighted by atomic mass is 9.92. The van der Waals surface area contributed by atoms with E-state index in [1.807, 2.05) is 0 Å². The molecule has 0 aromatic carbocycles. The van der Waals surface area contributed by atoms with Gasteiger partial charge in [-0.2, -0.15) is 0 Å². The highest BCUT2D eigenvalue weighted by atomic mass is 16.7. The van der Waals surface area contributed by atoms with Gasteiger partial charge in [0.2, 0.25) is 0 Å². The molecule has 1 rings (SSSR count). The fraction of sp³-hybridized carbons (Fsp3) is 0.947. The molecule has 1 saturated heterocycles. The van der Waals surface area contributed by atoms with Gasteiger partial charge in [-0.15, -0.1) is 0 Å². The van der Waals surface area contributed by atoms with E-state index in [-0.39, 0.29) is 6.29 Å². The standard InChI is InChI=1S/C19H36O5/c1-2-3-4-6-11-16(19(21)22)17(20)12-7-5-9-14-23-18-13-8-10-15-24-18/h16-18,20H,2-15H2,1H3,(H,21,22). The number of ether oxygens (including phenoxy) is 2. The van der Waals surface area contributed by atoms with Crippen molar-refractivity contribution >= 4 is 5.97 Å². The minimum atomic E-state index is -0.864. The fourth-order valence-electron chi connectivity index (χ4n) is 3.16. The third kappa shape index (κ3) is 9.60. The van der Waals surface area contributed by atoms with Crippen molar-refractivity contribution in [3.8, 4) is 0 Å². The third-order valence-electron chi connectivity index (χ3n) is 4.74. The Hall–Kier alpha value is -0.650. The lowest BCUT2D eigenvalue weighted by molar-refractivity contribution is -0.162. The van der Waals surface area contributed by atoms with Crippen LogP contribution in [0.25, 0.3) is 0 Å². The minimum Gasteiger partial charge on any atom is -0.481 e. The fourth-order valence-corrected chi connectivity index (χ4v) is 3.16. The molecule has 2 N–H and O–H groups in total. The summed E-state index contributed by atoms with van der Waals surface area (Å²) in [5.74, 6) is -1.48. The summed E-state index contributed by atoms with van der Waals surface area (Å²) in [6.45, 7) is 3.61. The predicted octanol–water partition coefficient (Wildman–Crippen LogP) is 4.12. The van der Waals surface area contributed by atoms with E-state index in [2.05, 4.69) is 6.92 Å². The van der Waals surface area contributed by atoms with Crippen molar-refractivity contribution < 1.29 is 24.5 Å². The van der Waals surface area contributed by atoms with E-state index in [4.69, 9.17) is 9.47 Å². The second-order valence-electron chi connectivity index (χ2n) is 6.88. The Morgan fingerprint density at radius 2 is 1.88 bits per heavy atom. The number of aliphatic carboxylic acids is 1. The lowest BCUT2D eigenvalue weighted by Crippen LogP contribution is -2.28. The smallest absolute Gasteiger partial charge is 0.309 e. The van der Waals surface area contributed by atoms with Crippen LogP contribution in [0.4, 0.5) is 0 Å². The van der Waals surface area contributed by atoms with Gasteiger partial charge in [0.15, 0.2) is 6.29 Å².